The van der Waals surface area contributed by atoms with Crippen molar-refractivity contribution < 1.29 is 9.50 Å². The van der Waals surface area contributed by atoms with Gasteiger partial charge in [0.15, 0.2) is 0 Å². The van der Waals surface area contributed by atoms with E-state index in [-0.39, 0.29) is 5.82 Å². The van der Waals surface area contributed by atoms with Crippen LogP contribution in [-0.4, -0.2) is 43.7 Å². The molecule has 3 nitrogen and oxygen atoms in total. The molecule has 1 unspecified atom stereocenters. The van der Waals surface area contributed by atoms with Gasteiger partial charge in [-0.3, -0.25) is 0 Å². The summed E-state index contributed by atoms with van der Waals surface area (Å²) in [5, 5.41) is 12.8. The van der Waals surface area contributed by atoms with Crippen molar-refractivity contribution in [3.05, 3.63) is 35.6 Å². The van der Waals surface area contributed by atoms with E-state index in [1.165, 1.54) is 6.07 Å². The van der Waals surface area contributed by atoms with E-state index in [9.17, 15) is 9.50 Å². The van der Waals surface area contributed by atoms with Gasteiger partial charge in [-0.2, -0.15) is 0 Å². The van der Waals surface area contributed by atoms with E-state index in [1.807, 2.05) is 19.0 Å². The zero-order chi connectivity index (χ0) is 12.0. The van der Waals surface area contributed by atoms with Gasteiger partial charge in [-0.25, -0.2) is 4.39 Å². The Morgan fingerprint density at radius 2 is 2.06 bits per heavy atom. The topological polar surface area (TPSA) is 35.5 Å². The van der Waals surface area contributed by atoms with Gasteiger partial charge in [-0.15, -0.1) is 0 Å². The fourth-order valence-corrected chi connectivity index (χ4v) is 1.40. The minimum Gasteiger partial charge on any atom is -0.387 e. The van der Waals surface area contributed by atoms with Crippen LogP contribution in [-0.2, 0) is 0 Å². The lowest BCUT2D eigenvalue weighted by Gasteiger charge is -2.14. The lowest BCUT2D eigenvalue weighted by Crippen LogP contribution is -2.29. The molecule has 0 amide bonds. The van der Waals surface area contributed by atoms with Crippen molar-refractivity contribution >= 4 is 0 Å². The Labute approximate surface area is 95.9 Å². The molecule has 1 aromatic carbocycles. The Bertz CT molecular complexity index is 318. The van der Waals surface area contributed by atoms with Crippen LogP contribution in [0.2, 0.25) is 0 Å². The summed E-state index contributed by atoms with van der Waals surface area (Å²) in [5.41, 5.74) is 0.347. The Morgan fingerprint density at radius 3 is 2.69 bits per heavy atom. The van der Waals surface area contributed by atoms with Gasteiger partial charge in [0, 0.05) is 25.2 Å². The number of likely N-dealkylation sites (N-methyl/N-ethyl adjacent to an activating group) is 1. The molecule has 0 aliphatic heterocycles. The third kappa shape index (κ3) is 4.26. The third-order valence-corrected chi connectivity index (χ3v) is 2.34. The van der Waals surface area contributed by atoms with Crippen LogP contribution >= 0.6 is 0 Å². The predicted octanol–water partition coefficient (Wildman–Crippen LogP) is 1.01. The van der Waals surface area contributed by atoms with Gasteiger partial charge in [-0.1, -0.05) is 18.2 Å². The second kappa shape index (κ2) is 6.58. The van der Waals surface area contributed by atoms with E-state index < -0.39 is 6.10 Å². The summed E-state index contributed by atoms with van der Waals surface area (Å²) in [6.07, 6.45) is -0.789. The summed E-state index contributed by atoms with van der Waals surface area (Å²) < 4.78 is 13.3. The number of aliphatic hydroxyl groups excluding tert-OH is 1. The summed E-state index contributed by atoms with van der Waals surface area (Å²) in [6, 6.07) is 6.30. The zero-order valence-electron chi connectivity index (χ0n) is 9.78. The average Bonchev–Trinajstić information content (AvgIpc) is 2.24. The first kappa shape index (κ1) is 13.1. The molecule has 0 saturated heterocycles. The van der Waals surface area contributed by atoms with Crippen molar-refractivity contribution in [3.8, 4) is 0 Å². The van der Waals surface area contributed by atoms with E-state index in [0.717, 1.165) is 13.1 Å². The molecule has 4 heteroatoms. The molecule has 90 valence electrons. The normalized spacial score (nSPS) is 13.1. The molecule has 0 aliphatic carbocycles. The van der Waals surface area contributed by atoms with Gasteiger partial charge in [-0.05, 0) is 20.2 Å². The van der Waals surface area contributed by atoms with Crippen molar-refractivity contribution in [2.45, 2.75) is 6.10 Å². The maximum absolute atomic E-state index is 13.3. The summed E-state index contributed by atoms with van der Waals surface area (Å²) in [7, 11) is 3.96. The molecule has 1 aromatic rings. The maximum Gasteiger partial charge on any atom is 0.129 e. The second-order valence-corrected chi connectivity index (χ2v) is 4.04. The van der Waals surface area contributed by atoms with E-state index >= 15 is 0 Å². The Balaban J connectivity index is 2.35. The number of benzene rings is 1. The fourth-order valence-electron chi connectivity index (χ4n) is 1.40. The molecule has 0 heterocycles. The number of hydrogen-bond donors (Lipinski definition) is 2. The monoisotopic (exact) mass is 226 g/mol. The standard InChI is InChI=1S/C12H19FN2O/c1-15(2)8-7-14-9-12(16)10-5-3-4-6-11(10)13/h3-6,12,14,16H,7-9H2,1-2H3. The van der Waals surface area contributed by atoms with Gasteiger partial charge in [0.2, 0.25) is 0 Å². The number of aliphatic hydroxyl groups is 1. The van der Waals surface area contributed by atoms with Gasteiger partial charge < -0.3 is 15.3 Å². The van der Waals surface area contributed by atoms with Crippen molar-refractivity contribution in [3.63, 3.8) is 0 Å². The largest absolute Gasteiger partial charge is 0.387 e. The molecule has 0 bridgehead atoms. The van der Waals surface area contributed by atoms with E-state index in [1.54, 1.807) is 18.2 Å². The first-order valence-corrected chi connectivity index (χ1v) is 5.39. The van der Waals surface area contributed by atoms with E-state index in [0.29, 0.717) is 12.1 Å². The fraction of sp³-hybridized carbons (Fsp3) is 0.500. The van der Waals surface area contributed by atoms with Crippen LogP contribution in [0.15, 0.2) is 24.3 Å². The molecular weight excluding hydrogens is 207 g/mol. The molecule has 0 aliphatic rings. The summed E-state index contributed by atoms with van der Waals surface area (Å²) in [5.74, 6) is -0.357. The Kier molecular flexibility index (Phi) is 5.38. The summed E-state index contributed by atoms with van der Waals surface area (Å²) >= 11 is 0. The number of nitrogens with zero attached hydrogens (tertiary/aromatic N) is 1. The van der Waals surface area contributed by atoms with Crippen molar-refractivity contribution in [2.75, 3.05) is 33.7 Å². The molecule has 0 fully saturated rings. The molecule has 0 spiro atoms. The smallest absolute Gasteiger partial charge is 0.129 e. The molecule has 16 heavy (non-hydrogen) atoms. The highest BCUT2D eigenvalue weighted by atomic mass is 19.1. The van der Waals surface area contributed by atoms with Gasteiger partial charge >= 0.3 is 0 Å². The molecule has 0 saturated carbocycles. The minimum atomic E-state index is -0.789. The lowest BCUT2D eigenvalue weighted by molar-refractivity contribution is 0.169. The van der Waals surface area contributed by atoms with Crippen molar-refractivity contribution in [1.29, 1.82) is 0 Å². The van der Waals surface area contributed by atoms with Crippen LogP contribution in [0.4, 0.5) is 4.39 Å². The molecule has 1 atom stereocenters. The number of halogens is 1. The quantitative estimate of drug-likeness (QED) is 0.711. The van der Waals surface area contributed by atoms with Crippen molar-refractivity contribution in [2.24, 2.45) is 0 Å². The Morgan fingerprint density at radius 1 is 1.38 bits per heavy atom. The highest BCUT2D eigenvalue weighted by molar-refractivity contribution is 5.19. The maximum atomic E-state index is 13.3. The molecule has 1 rings (SSSR count). The summed E-state index contributed by atoms with van der Waals surface area (Å²) in [4.78, 5) is 2.04. The highest BCUT2D eigenvalue weighted by Crippen LogP contribution is 2.15. The van der Waals surface area contributed by atoms with Crippen LogP contribution in [0.1, 0.15) is 11.7 Å². The van der Waals surface area contributed by atoms with Gasteiger partial charge in [0.1, 0.15) is 5.82 Å². The van der Waals surface area contributed by atoms with Gasteiger partial charge in [0.05, 0.1) is 6.10 Å². The van der Waals surface area contributed by atoms with Crippen LogP contribution < -0.4 is 5.32 Å². The molecule has 0 radical (unpaired) electrons. The highest BCUT2D eigenvalue weighted by Gasteiger charge is 2.10. The number of hydrogen-bond acceptors (Lipinski definition) is 3. The third-order valence-electron chi connectivity index (χ3n) is 2.34. The average molecular weight is 226 g/mol. The van der Waals surface area contributed by atoms with Gasteiger partial charge in [0.25, 0.3) is 0 Å². The molecule has 0 aromatic heterocycles. The first-order valence-electron chi connectivity index (χ1n) is 5.39. The zero-order valence-corrected chi connectivity index (χ0v) is 9.78. The SMILES string of the molecule is CN(C)CCNCC(O)c1ccccc1F. The first-order chi connectivity index (χ1) is 7.61. The minimum absolute atomic E-state index is 0.347. The number of rotatable bonds is 6. The summed E-state index contributed by atoms with van der Waals surface area (Å²) in [6.45, 7) is 2.04. The van der Waals surface area contributed by atoms with E-state index in [2.05, 4.69) is 5.32 Å². The van der Waals surface area contributed by atoms with Crippen LogP contribution in [0, 0.1) is 5.82 Å². The second-order valence-electron chi connectivity index (χ2n) is 4.04. The Hall–Kier alpha value is -0.970. The van der Waals surface area contributed by atoms with Crippen LogP contribution in [0.5, 0.6) is 0 Å². The number of nitrogens with one attached hydrogen (secondary N) is 1. The molecule has 2 N–H and O–H groups in total. The van der Waals surface area contributed by atoms with Crippen molar-refractivity contribution in [1.82, 2.24) is 10.2 Å². The predicted molar refractivity (Wildman–Crippen MR) is 62.8 cm³/mol. The van der Waals surface area contributed by atoms with Crippen LogP contribution in [0.3, 0.4) is 0 Å². The van der Waals surface area contributed by atoms with Crippen LogP contribution in [0.25, 0.3) is 0 Å². The molecular formula is C12H19FN2O. The van der Waals surface area contributed by atoms with E-state index in [4.69, 9.17) is 0 Å². The lowest BCUT2D eigenvalue weighted by atomic mass is 10.1.